The monoisotopic (exact) mass is 340 g/mol. The maximum Gasteiger partial charge on any atom is 0.161 e. The molecule has 2 aromatic carbocycles. The van der Waals surface area contributed by atoms with Crippen molar-refractivity contribution in [3.05, 3.63) is 59.2 Å². The van der Waals surface area contributed by atoms with Gasteiger partial charge in [-0.2, -0.15) is 0 Å². The molecule has 0 amide bonds. The lowest BCUT2D eigenvalue weighted by Crippen LogP contribution is -2.03. The third kappa shape index (κ3) is 5.86. The molecule has 0 radical (unpaired) electrons. The molecule has 0 aliphatic heterocycles. The van der Waals surface area contributed by atoms with Gasteiger partial charge in [-0.3, -0.25) is 0 Å². The third-order valence-corrected chi connectivity index (χ3v) is 4.09. The molecule has 0 spiro atoms. The summed E-state index contributed by atoms with van der Waals surface area (Å²) in [5.41, 5.74) is 3.65. The van der Waals surface area contributed by atoms with Crippen molar-refractivity contribution in [1.29, 1.82) is 0 Å². The second-order valence-electron chi connectivity index (χ2n) is 6.06. The van der Waals surface area contributed by atoms with Crippen LogP contribution in [-0.4, -0.2) is 20.3 Å². The van der Waals surface area contributed by atoms with E-state index in [2.05, 4.69) is 26.0 Å². The number of rotatable bonds is 9. The van der Waals surface area contributed by atoms with E-state index in [4.69, 9.17) is 14.2 Å². The minimum atomic E-state index is 0.648. The second kappa shape index (κ2) is 9.77. The molecule has 0 aromatic heterocycles. The molecule has 2 rings (SSSR count). The highest BCUT2D eigenvalue weighted by Crippen LogP contribution is 2.28. The minimum Gasteiger partial charge on any atom is -0.494 e. The molecule has 0 fully saturated rings. The van der Waals surface area contributed by atoms with Gasteiger partial charge in [0.2, 0.25) is 0 Å². The Morgan fingerprint density at radius 2 is 1.60 bits per heavy atom. The predicted octanol–water partition coefficient (Wildman–Crippen LogP) is 5.58. The van der Waals surface area contributed by atoms with Crippen LogP contribution in [0.25, 0.3) is 6.08 Å². The van der Waals surface area contributed by atoms with E-state index in [1.807, 2.05) is 43.3 Å². The number of hydrogen-bond donors (Lipinski definition) is 0. The van der Waals surface area contributed by atoms with Crippen LogP contribution in [0.4, 0.5) is 0 Å². The van der Waals surface area contributed by atoms with E-state index in [-0.39, 0.29) is 0 Å². The van der Waals surface area contributed by atoms with Gasteiger partial charge in [0.15, 0.2) is 11.5 Å². The van der Waals surface area contributed by atoms with E-state index in [9.17, 15) is 0 Å². The first-order valence-corrected chi connectivity index (χ1v) is 8.77. The minimum absolute atomic E-state index is 0.648. The molecule has 0 heterocycles. The highest BCUT2D eigenvalue weighted by Gasteiger charge is 2.05. The first-order chi connectivity index (χ1) is 12.1. The lowest BCUT2D eigenvalue weighted by atomic mass is 10.1. The summed E-state index contributed by atoms with van der Waals surface area (Å²) in [6.07, 6.45) is 5.93. The van der Waals surface area contributed by atoms with Crippen molar-refractivity contribution < 1.29 is 14.2 Å². The summed E-state index contributed by atoms with van der Waals surface area (Å²) in [7, 11) is 1.67. The zero-order valence-electron chi connectivity index (χ0n) is 15.7. The van der Waals surface area contributed by atoms with Crippen molar-refractivity contribution >= 4 is 6.08 Å². The Morgan fingerprint density at radius 3 is 2.28 bits per heavy atom. The van der Waals surface area contributed by atoms with Crippen LogP contribution < -0.4 is 14.2 Å². The van der Waals surface area contributed by atoms with Gasteiger partial charge in [0.05, 0.1) is 20.3 Å². The lowest BCUT2D eigenvalue weighted by molar-refractivity contribution is 0.258. The first kappa shape index (κ1) is 18.9. The summed E-state index contributed by atoms with van der Waals surface area (Å²) < 4.78 is 17.0. The fourth-order valence-corrected chi connectivity index (χ4v) is 2.48. The topological polar surface area (TPSA) is 27.7 Å². The smallest absolute Gasteiger partial charge is 0.161 e. The molecule has 0 saturated heterocycles. The number of hydrogen-bond acceptors (Lipinski definition) is 3. The SMILES string of the molecule is C/C=C/c1ccc(OCCCCOc2ccc(C)c(C)c2)c(OC)c1. The Labute approximate surface area is 151 Å². The Hall–Kier alpha value is -2.42. The van der Waals surface area contributed by atoms with Gasteiger partial charge in [0, 0.05) is 0 Å². The van der Waals surface area contributed by atoms with Gasteiger partial charge in [-0.25, -0.2) is 0 Å². The van der Waals surface area contributed by atoms with Gasteiger partial charge >= 0.3 is 0 Å². The molecular formula is C22H28O3. The standard InChI is InChI=1S/C22H28O3/c1-5-8-19-10-12-21(22(16-19)23-4)25-14-7-6-13-24-20-11-9-17(2)18(3)15-20/h5,8-12,15-16H,6-7,13-14H2,1-4H3/b8-5+. The van der Waals surface area contributed by atoms with Gasteiger partial charge in [-0.15, -0.1) is 0 Å². The van der Waals surface area contributed by atoms with Crippen molar-refractivity contribution in [2.75, 3.05) is 20.3 Å². The van der Waals surface area contributed by atoms with E-state index in [1.165, 1.54) is 11.1 Å². The lowest BCUT2D eigenvalue weighted by Gasteiger charge is -2.12. The molecule has 0 aliphatic rings. The Kier molecular flexibility index (Phi) is 7.39. The fraction of sp³-hybridized carbons (Fsp3) is 0.364. The van der Waals surface area contributed by atoms with E-state index in [0.29, 0.717) is 13.2 Å². The van der Waals surface area contributed by atoms with Gasteiger partial charge < -0.3 is 14.2 Å². The summed E-state index contributed by atoms with van der Waals surface area (Å²) in [6.45, 7) is 7.55. The van der Waals surface area contributed by atoms with Gasteiger partial charge in [0.25, 0.3) is 0 Å². The van der Waals surface area contributed by atoms with Crippen molar-refractivity contribution in [1.82, 2.24) is 0 Å². The summed E-state index contributed by atoms with van der Waals surface area (Å²) in [4.78, 5) is 0. The molecule has 0 unspecified atom stereocenters. The van der Waals surface area contributed by atoms with Crippen LogP contribution in [0.3, 0.4) is 0 Å². The summed E-state index contributed by atoms with van der Waals surface area (Å²) in [5.74, 6) is 2.48. The summed E-state index contributed by atoms with van der Waals surface area (Å²) in [6, 6.07) is 12.2. The molecular weight excluding hydrogens is 312 g/mol. The average molecular weight is 340 g/mol. The van der Waals surface area contributed by atoms with E-state index in [1.54, 1.807) is 7.11 Å². The quantitative estimate of drug-likeness (QED) is 0.557. The molecule has 0 aliphatic carbocycles. The highest BCUT2D eigenvalue weighted by molar-refractivity contribution is 5.55. The van der Waals surface area contributed by atoms with Crippen LogP contribution in [0.5, 0.6) is 17.2 Å². The van der Waals surface area contributed by atoms with Crippen LogP contribution in [0.1, 0.15) is 36.5 Å². The van der Waals surface area contributed by atoms with E-state index >= 15 is 0 Å². The third-order valence-electron chi connectivity index (χ3n) is 4.09. The molecule has 0 saturated carbocycles. The van der Waals surface area contributed by atoms with E-state index in [0.717, 1.165) is 35.7 Å². The van der Waals surface area contributed by atoms with Crippen molar-refractivity contribution in [2.24, 2.45) is 0 Å². The average Bonchev–Trinajstić information content (AvgIpc) is 2.62. The second-order valence-corrected chi connectivity index (χ2v) is 6.06. The van der Waals surface area contributed by atoms with E-state index < -0.39 is 0 Å². The molecule has 3 nitrogen and oxygen atoms in total. The van der Waals surface area contributed by atoms with Crippen molar-refractivity contribution in [3.63, 3.8) is 0 Å². The summed E-state index contributed by atoms with van der Waals surface area (Å²) in [5, 5.41) is 0. The Morgan fingerprint density at radius 1 is 0.840 bits per heavy atom. The van der Waals surface area contributed by atoms with Crippen LogP contribution >= 0.6 is 0 Å². The number of aryl methyl sites for hydroxylation is 2. The molecule has 0 atom stereocenters. The highest BCUT2D eigenvalue weighted by atomic mass is 16.5. The summed E-state index contributed by atoms with van der Waals surface area (Å²) >= 11 is 0. The molecule has 0 N–H and O–H groups in total. The normalized spacial score (nSPS) is 10.9. The molecule has 2 aromatic rings. The number of ether oxygens (including phenoxy) is 3. The number of benzene rings is 2. The maximum absolute atomic E-state index is 5.84. The molecule has 25 heavy (non-hydrogen) atoms. The first-order valence-electron chi connectivity index (χ1n) is 8.77. The predicted molar refractivity (Wildman–Crippen MR) is 104 cm³/mol. The number of allylic oxidation sites excluding steroid dienone is 1. The van der Waals surface area contributed by atoms with Gasteiger partial charge in [0.1, 0.15) is 5.75 Å². The number of unbranched alkanes of at least 4 members (excludes halogenated alkanes) is 1. The zero-order chi connectivity index (χ0) is 18.1. The van der Waals surface area contributed by atoms with Crippen LogP contribution in [0.15, 0.2) is 42.5 Å². The Balaban J connectivity index is 1.73. The fourth-order valence-electron chi connectivity index (χ4n) is 2.48. The largest absolute Gasteiger partial charge is 0.494 e. The maximum atomic E-state index is 5.84. The van der Waals surface area contributed by atoms with Crippen molar-refractivity contribution in [3.8, 4) is 17.2 Å². The molecule has 0 bridgehead atoms. The van der Waals surface area contributed by atoms with Gasteiger partial charge in [-0.05, 0) is 74.6 Å². The Bertz CT molecular complexity index is 704. The molecule has 134 valence electrons. The number of methoxy groups -OCH3 is 1. The van der Waals surface area contributed by atoms with Crippen LogP contribution in [0.2, 0.25) is 0 Å². The molecule has 3 heteroatoms. The van der Waals surface area contributed by atoms with Gasteiger partial charge in [-0.1, -0.05) is 24.3 Å². The van der Waals surface area contributed by atoms with Crippen LogP contribution in [0, 0.1) is 13.8 Å². The van der Waals surface area contributed by atoms with Crippen molar-refractivity contribution in [2.45, 2.75) is 33.6 Å². The van der Waals surface area contributed by atoms with Crippen LogP contribution in [-0.2, 0) is 0 Å². The zero-order valence-corrected chi connectivity index (χ0v) is 15.7.